The van der Waals surface area contributed by atoms with Crippen molar-refractivity contribution < 1.29 is 144 Å². The van der Waals surface area contributed by atoms with Crippen LogP contribution in [0.15, 0.2) is 0 Å². The number of rotatable bonds is 36. The number of carboxylic acid groups (broad SMARTS) is 1. The molecular weight excluding hydrogens is 1030 g/mol. The molecule has 438 valence electrons. The van der Waals surface area contributed by atoms with Crippen LogP contribution in [-0.4, -0.2) is 279 Å². The van der Waals surface area contributed by atoms with Gasteiger partial charge in [0.15, 0.2) is 24.8 Å². The van der Waals surface area contributed by atoms with Crippen LogP contribution in [-0.2, 0) is 87.3 Å². The Hall–Kier alpha value is -3.24. The Labute approximate surface area is 427 Å². The summed E-state index contributed by atoms with van der Waals surface area (Å²) in [6.45, 7) is 4.08. The van der Waals surface area contributed by atoms with Crippen LogP contribution in [0, 0.1) is 5.92 Å². The third-order valence-corrected chi connectivity index (χ3v) is 11.6. The highest BCUT2D eigenvalue weighted by atomic mass is 17.5. The Balaban J connectivity index is 1.77. The van der Waals surface area contributed by atoms with E-state index in [0.29, 0.717) is 0 Å². The lowest BCUT2D eigenvalue weighted by molar-refractivity contribution is -0.518. The normalized spacial score (nSPS) is 30.4. The highest BCUT2D eigenvalue weighted by molar-refractivity contribution is 5.82. The maximum Gasteiger partial charge on any atom is 0.335 e. The molecule has 0 aliphatic carbocycles. The summed E-state index contributed by atoms with van der Waals surface area (Å²) in [4.78, 5) is 74.3. The third kappa shape index (κ3) is 21.2. The highest BCUT2D eigenvalue weighted by Gasteiger charge is 2.56. The second-order valence-electron chi connectivity index (χ2n) is 17.7. The van der Waals surface area contributed by atoms with E-state index in [1.807, 2.05) is 0 Å². The third-order valence-electron chi connectivity index (χ3n) is 11.6. The number of aliphatic hydroxyl groups is 6. The second-order valence-corrected chi connectivity index (χ2v) is 17.7. The van der Waals surface area contributed by atoms with Gasteiger partial charge in [-0.15, -0.1) is 0 Å². The van der Waals surface area contributed by atoms with Gasteiger partial charge in [-0.05, 0) is 19.8 Å². The van der Waals surface area contributed by atoms with Gasteiger partial charge in [0.1, 0.15) is 81.9 Å². The van der Waals surface area contributed by atoms with Crippen molar-refractivity contribution in [2.75, 3.05) is 85.8 Å². The van der Waals surface area contributed by atoms with Crippen molar-refractivity contribution in [1.29, 1.82) is 0 Å². The van der Waals surface area contributed by atoms with Gasteiger partial charge in [-0.25, -0.2) is 25.8 Å². The Morgan fingerprint density at radius 1 is 0.560 bits per heavy atom. The van der Waals surface area contributed by atoms with Crippen molar-refractivity contribution in [3.63, 3.8) is 0 Å². The van der Waals surface area contributed by atoms with Crippen LogP contribution >= 0.6 is 0 Å². The van der Waals surface area contributed by atoms with Crippen molar-refractivity contribution in [2.24, 2.45) is 11.7 Å². The number of nitrogens with one attached hydrogen (secondary N) is 3. The van der Waals surface area contributed by atoms with E-state index in [9.17, 15) is 54.9 Å². The smallest absolute Gasteiger partial charge is 0.335 e. The van der Waals surface area contributed by atoms with Crippen molar-refractivity contribution in [1.82, 2.24) is 30.7 Å². The van der Waals surface area contributed by atoms with E-state index < -0.39 is 147 Å². The van der Waals surface area contributed by atoms with Gasteiger partial charge in [0.25, 0.3) is 5.91 Å². The van der Waals surface area contributed by atoms with Crippen molar-refractivity contribution in [3.05, 3.63) is 0 Å². The minimum absolute atomic E-state index is 0.0102. The minimum Gasteiger partial charge on any atom is -0.479 e. The molecule has 3 aliphatic rings. The lowest BCUT2D eigenvalue weighted by Gasteiger charge is -2.48. The van der Waals surface area contributed by atoms with E-state index in [0.717, 1.165) is 0 Å². The number of carbonyl (C=O) groups is 4. The number of aliphatic carboxylic acids is 1. The average Bonchev–Trinajstić information content (AvgIpc) is 3.37. The lowest BCUT2D eigenvalue weighted by atomic mass is 9.89. The molecule has 75 heavy (non-hydrogen) atoms. The number of ether oxygens (including phenoxy) is 6. The van der Waals surface area contributed by atoms with Crippen LogP contribution in [0.3, 0.4) is 0 Å². The van der Waals surface area contributed by atoms with Gasteiger partial charge >= 0.3 is 5.97 Å². The zero-order valence-electron chi connectivity index (χ0n) is 41.4. The topological polar surface area (TPSA) is 492 Å². The molecule has 0 saturated carbocycles. The van der Waals surface area contributed by atoms with Crippen LogP contribution in [0.25, 0.3) is 0 Å². The average molecular weight is 1100 g/mol. The van der Waals surface area contributed by atoms with E-state index in [4.69, 9.17) is 55.2 Å². The van der Waals surface area contributed by atoms with Gasteiger partial charge in [0.2, 0.25) is 11.8 Å². The standard InChI is InChI=1S/C39H73N7O29/c1-19(2)30-24(49)25(50)33(35(68-30)37(56)57)70-38-28(53)26(51)31(69-39-29(54)27(52)32(66-20(3)4)34(71-39)36(55)43-6-5-40)21(67-38)13-22(47)41-7-8-42-23(48)14-45(16-63-73-59)11-9-44(15-62-72-58)10-12-46(17-64-74-60)18-65-75-61/h19-21,24-35,38-39,49-54,58-61H,5-18,40H2,1-4H3,(H,41,47)(H,42,48)(H,43,55)(H,56,57)/t21?,24?,25-,26-,27-,28?,29?,30+,31-,32+,33+,34?,35?,38+,39-/m1/s1. The van der Waals surface area contributed by atoms with E-state index >= 15 is 0 Å². The van der Waals surface area contributed by atoms with Crippen LogP contribution in [0.5, 0.6) is 0 Å². The van der Waals surface area contributed by atoms with Crippen molar-refractivity contribution in [3.8, 4) is 0 Å². The number of nitrogens with zero attached hydrogens (tertiary/aromatic N) is 3. The number of aliphatic hydroxyl groups excluding tert-OH is 6. The molecule has 3 fully saturated rings. The van der Waals surface area contributed by atoms with Gasteiger partial charge in [-0.1, -0.05) is 34.0 Å². The summed E-state index contributed by atoms with van der Waals surface area (Å²) in [6, 6.07) is 0. The minimum atomic E-state index is -2.19. The first kappa shape index (κ1) is 66.0. The molecule has 36 nitrogen and oxygen atoms in total. The maximum atomic E-state index is 13.6. The van der Waals surface area contributed by atoms with Crippen molar-refractivity contribution in [2.45, 2.75) is 132 Å². The molecule has 3 aliphatic heterocycles. The number of hydrogen-bond acceptors (Lipinski definition) is 32. The first-order valence-electron chi connectivity index (χ1n) is 23.4. The molecule has 0 aromatic rings. The SMILES string of the molecule is CC(C)O[C@@H]1C(C(=O)NCCN)O[C@@H](O[C@@H]2C(CC(=O)NCCNC(=O)CN(CCN(CCN(COOO)COOO)COOO)COOO)O[C@@H](O[C@@H]3C(C(=O)O)O[C@@H](C(C)C)C(O)[C@H]3O)C(O)[C@H]2O)C(O)[C@H]1O. The van der Waals surface area contributed by atoms with Crippen LogP contribution in [0.4, 0.5) is 0 Å². The zero-order chi connectivity index (χ0) is 55.8. The largest absolute Gasteiger partial charge is 0.479 e. The molecule has 0 spiro atoms. The maximum absolute atomic E-state index is 13.6. The Morgan fingerprint density at radius 3 is 1.57 bits per heavy atom. The predicted molar refractivity (Wildman–Crippen MR) is 235 cm³/mol. The van der Waals surface area contributed by atoms with E-state index in [1.165, 1.54) is 14.7 Å². The summed E-state index contributed by atoms with van der Waals surface area (Å²) in [6.07, 6.45) is -29.1. The fourth-order valence-electron chi connectivity index (χ4n) is 7.85. The number of carboxylic acids is 1. The zero-order valence-corrected chi connectivity index (χ0v) is 41.4. The second kappa shape index (κ2) is 34.6. The monoisotopic (exact) mass is 1100 g/mol. The Bertz CT molecular complexity index is 1650. The first-order valence-corrected chi connectivity index (χ1v) is 23.4. The summed E-state index contributed by atoms with van der Waals surface area (Å²) in [5, 5.41) is 134. The molecular formula is C39H73N7O29. The lowest BCUT2D eigenvalue weighted by Crippen LogP contribution is -2.67. The van der Waals surface area contributed by atoms with Gasteiger partial charge in [-0.2, -0.15) is 19.6 Å². The fraction of sp³-hybridized carbons (Fsp3) is 0.897. The first-order chi connectivity index (χ1) is 35.7. The van der Waals surface area contributed by atoms with Crippen LogP contribution < -0.4 is 21.7 Å². The van der Waals surface area contributed by atoms with Gasteiger partial charge in [0, 0.05) is 52.4 Å². The molecule has 0 radical (unpaired) electrons. The summed E-state index contributed by atoms with van der Waals surface area (Å²) in [5.74, 6) is -4.47. The van der Waals surface area contributed by atoms with Gasteiger partial charge < -0.3 is 85.9 Å². The summed E-state index contributed by atoms with van der Waals surface area (Å²) < 4.78 is 34.6. The number of hydrogen-bond donors (Lipinski definition) is 15. The molecule has 15 atom stereocenters. The number of carbonyl (C=O) groups excluding carboxylic acids is 3. The summed E-state index contributed by atoms with van der Waals surface area (Å²) in [7, 11) is 0. The van der Waals surface area contributed by atoms with Gasteiger partial charge in [-0.3, -0.25) is 29.1 Å². The summed E-state index contributed by atoms with van der Waals surface area (Å²) >= 11 is 0. The molecule has 3 saturated heterocycles. The van der Waals surface area contributed by atoms with Gasteiger partial charge in [0.05, 0.1) is 31.3 Å². The predicted octanol–water partition coefficient (Wildman–Crippen LogP) is -7.21. The van der Waals surface area contributed by atoms with Crippen molar-refractivity contribution >= 4 is 23.7 Å². The molecule has 3 heterocycles. The molecule has 0 aromatic carbocycles. The van der Waals surface area contributed by atoms with E-state index in [2.05, 4.69) is 55.7 Å². The number of nitrogens with two attached hydrogens (primary N) is 1. The highest BCUT2D eigenvalue weighted by Crippen LogP contribution is 2.35. The molecule has 0 bridgehead atoms. The molecule has 6 unspecified atom stereocenters. The van der Waals surface area contributed by atoms with Crippen LogP contribution in [0.2, 0.25) is 0 Å². The fourth-order valence-corrected chi connectivity index (χ4v) is 7.85. The Kier molecular flexibility index (Phi) is 30.5. The summed E-state index contributed by atoms with van der Waals surface area (Å²) in [5.41, 5.74) is 5.54. The quantitative estimate of drug-likeness (QED) is 0.0120. The molecule has 36 heteroatoms. The number of amides is 3. The molecule has 0 aromatic heterocycles. The van der Waals surface area contributed by atoms with Crippen LogP contribution in [0.1, 0.15) is 34.1 Å². The van der Waals surface area contributed by atoms with E-state index in [-0.39, 0.29) is 72.6 Å². The Morgan fingerprint density at radius 2 is 1.04 bits per heavy atom. The molecule has 3 rings (SSSR count). The molecule has 3 amide bonds. The van der Waals surface area contributed by atoms with E-state index in [1.54, 1.807) is 27.7 Å². The molecule has 16 N–H and O–H groups in total.